The zero-order valence-electron chi connectivity index (χ0n) is 24.4. The van der Waals surface area contributed by atoms with Gasteiger partial charge in [-0.25, -0.2) is 0 Å². The number of benzene rings is 2. The fourth-order valence-electron chi connectivity index (χ4n) is 5.63. The molecule has 1 saturated carbocycles. The Kier molecular flexibility index (Phi) is 10.5. The maximum absolute atomic E-state index is 13.7. The predicted octanol–water partition coefficient (Wildman–Crippen LogP) is 4.06. The Morgan fingerprint density at radius 2 is 1.66 bits per heavy atom. The second-order valence-electron chi connectivity index (χ2n) is 11.2. The number of hydrogen-bond donors (Lipinski definition) is 3. The van der Waals surface area contributed by atoms with Gasteiger partial charge in [0.25, 0.3) is 0 Å². The molecule has 234 valence electrons. The molecule has 3 atom stereocenters. The van der Waals surface area contributed by atoms with Gasteiger partial charge in [-0.2, -0.15) is 0 Å². The summed E-state index contributed by atoms with van der Waals surface area (Å²) in [5, 5.41) is 7.71. The van der Waals surface area contributed by atoms with Crippen molar-refractivity contribution >= 4 is 36.0 Å². The van der Waals surface area contributed by atoms with E-state index in [9.17, 15) is 32.8 Å². The van der Waals surface area contributed by atoms with Crippen molar-refractivity contribution in [3.05, 3.63) is 65.7 Å². The van der Waals surface area contributed by atoms with Gasteiger partial charge in [0.2, 0.25) is 24.1 Å². The standard InChI is InChI=1S/C32H35F2N3O7/c1-19(2)28(31(42)35-18-38)30(41)29(22-10-6-7-11-22)37-27(40)17-23(21-8-4-3-5-9-21)36-26(39)15-13-20-12-14-24-25(16-20)44-32(33,34)43-24/h3-5,8-9,12-16,18-19,22-23,28-29H,6-7,10-11,17H2,1-2H3,(H,36,39)(H,37,40)(H,35,38,42)/b15-13+/t23-,28+,29-/m0/s1. The molecule has 2 aliphatic rings. The molecule has 1 fully saturated rings. The number of alkyl halides is 2. The van der Waals surface area contributed by atoms with Crippen LogP contribution in [0.25, 0.3) is 6.08 Å². The first-order valence-electron chi connectivity index (χ1n) is 14.5. The van der Waals surface area contributed by atoms with Gasteiger partial charge < -0.3 is 20.1 Å². The van der Waals surface area contributed by atoms with Gasteiger partial charge in [-0.05, 0) is 54.0 Å². The normalized spacial score (nSPS) is 17.6. The molecular weight excluding hydrogens is 576 g/mol. The third-order valence-corrected chi connectivity index (χ3v) is 7.71. The van der Waals surface area contributed by atoms with Crippen LogP contribution in [0.5, 0.6) is 11.5 Å². The first kappa shape index (κ1) is 32.3. The number of rotatable bonds is 13. The van der Waals surface area contributed by atoms with E-state index in [0.717, 1.165) is 12.8 Å². The largest absolute Gasteiger partial charge is 0.586 e. The number of hydrogen-bond acceptors (Lipinski definition) is 7. The summed E-state index contributed by atoms with van der Waals surface area (Å²) in [4.78, 5) is 63.5. The maximum Gasteiger partial charge on any atom is 0.586 e. The molecule has 1 heterocycles. The Bertz CT molecular complexity index is 1410. The lowest BCUT2D eigenvalue weighted by Crippen LogP contribution is -2.52. The molecule has 0 aromatic heterocycles. The van der Waals surface area contributed by atoms with Crippen molar-refractivity contribution < 1.29 is 42.2 Å². The van der Waals surface area contributed by atoms with E-state index in [4.69, 9.17) is 0 Å². The van der Waals surface area contributed by atoms with E-state index in [2.05, 4.69) is 25.4 Å². The van der Waals surface area contributed by atoms with Gasteiger partial charge in [0.15, 0.2) is 17.3 Å². The molecule has 2 aromatic carbocycles. The Hall–Kier alpha value is -4.61. The van der Waals surface area contributed by atoms with Crippen molar-refractivity contribution in [1.82, 2.24) is 16.0 Å². The van der Waals surface area contributed by atoms with E-state index in [0.29, 0.717) is 24.0 Å². The van der Waals surface area contributed by atoms with Crippen LogP contribution in [0.1, 0.15) is 63.1 Å². The summed E-state index contributed by atoms with van der Waals surface area (Å²) in [6.45, 7) is 3.40. The van der Waals surface area contributed by atoms with Gasteiger partial charge >= 0.3 is 6.29 Å². The molecule has 10 nitrogen and oxygen atoms in total. The zero-order chi connectivity index (χ0) is 31.9. The molecule has 4 rings (SSSR count). The molecular formula is C32H35F2N3O7. The van der Waals surface area contributed by atoms with Crippen LogP contribution < -0.4 is 25.4 Å². The van der Waals surface area contributed by atoms with Crippen molar-refractivity contribution in [2.45, 2.75) is 64.3 Å². The van der Waals surface area contributed by atoms with Crippen molar-refractivity contribution in [2.75, 3.05) is 0 Å². The SMILES string of the molecule is CC(C)[C@@H](C(=O)NC=O)C(=O)[C@@H](NC(=O)C[C@H](NC(=O)/C=C/c1ccc2c(c1)OC(F)(F)O2)c1ccccc1)C1CCCC1. The first-order valence-corrected chi connectivity index (χ1v) is 14.5. The highest BCUT2D eigenvalue weighted by Crippen LogP contribution is 2.41. The molecule has 1 aliphatic carbocycles. The van der Waals surface area contributed by atoms with Crippen molar-refractivity contribution in [3.8, 4) is 11.5 Å². The van der Waals surface area contributed by atoms with Gasteiger partial charge in [0.1, 0.15) is 5.92 Å². The van der Waals surface area contributed by atoms with Crippen LogP contribution in [0, 0.1) is 17.8 Å². The fraction of sp³-hybridized carbons (Fsp3) is 0.406. The monoisotopic (exact) mass is 611 g/mol. The third-order valence-electron chi connectivity index (χ3n) is 7.71. The molecule has 12 heteroatoms. The third kappa shape index (κ3) is 8.27. The van der Waals surface area contributed by atoms with E-state index >= 15 is 0 Å². The number of carbonyl (C=O) groups excluding carboxylic acids is 5. The molecule has 3 N–H and O–H groups in total. The Balaban J connectivity index is 1.48. The average Bonchev–Trinajstić information content (AvgIpc) is 3.61. The number of ketones is 1. The summed E-state index contributed by atoms with van der Waals surface area (Å²) in [7, 11) is 0. The van der Waals surface area contributed by atoms with Gasteiger partial charge in [-0.15, -0.1) is 8.78 Å². The second-order valence-corrected chi connectivity index (χ2v) is 11.2. The number of nitrogens with one attached hydrogen (secondary N) is 3. The predicted molar refractivity (Wildman–Crippen MR) is 155 cm³/mol. The minimum absolute atomic E-state index is 0.120. The summed E-state index contributed by atoms with van der Waals surface area (Å²) in [6.07, 6.45) is 2.07. The molecule has 4 amide bonds. The molecule has 0 saturated heterocycles. The second kappa shape index (κ2) is 14.2. The first-order chi connectivity index (χ1) is 21.0. The van der Waals surface area contributed by atoms with Gasteiger partial charge in [0, 0.05) is 6.08 Å². The number of carbonyl (C=O) groups is 5. The Labute approximate surface area is 253 Å². The minimum Gasteiger partial charge on any atom is -0.395 e. The fourth-order valence-corrected chi connectivity index (χ4v) is 5.63. The van der Waals surface area contributed by atoms with Crippen molar-refractivity contribution in [1.29, 1.82) is 0 Å². The van der Waals surface area contributed by atoms with E-state index in [1.54, 1.807) is 44.2 Å². The maximum atomic E-state index is 13.7. The topological polar surface area (TPSA) is 140 Å². The van der Waals surface area contributed by atoms with Gasteiger partial charge in [-0.3, -0.25) is 29.3 Å². The molecule has 44 heavy (non-hydrogen) atoms. The highest BCUT2D eigenvalue weighted by Gasteiger charge is 2.43. The summed E-state index contributed by atoms with van der Waals surface area (Å²) in [5.41, 5.74) is 1.05. The molecule has 0 bridgehead atoms. The van der Waals surface area contributed by atoms with Crippen LogP contribution in [0.2, 0.25) is 0 Å². The number of Topliss-reactive ketones (excluding diaryl/α,β-unsaturated/α-hetero) is 1. The Morgan fingerprint density at radius 3 is 2.32 bits per heavy atom. The lowest BCUT2D eigenvalue weighted by molar-refractivity contribution is -0.286. The number of halogens is 2. The number of imide groups is 1. The minimum atomic E-state index is -3.76. The highest BCUT2D eigenvalue weighted by molar-refractivity contribution is 6.07. The van der Waals surface area contributed by atoms with Gasteiger partial charge in [0.05, 0.1) is 18.5 Å². The van der Waals surface area contributed by atoms with E-state index in [1.165, 1.54) is 30.4 Å². The van der Waals surface area contributed by atoms with Crippen molar-refractivity contribution in [2.24, 2.45) is 17.8 Å². The zero-order valence-corrected chi connectivity index (χ0v) is 24.4. The quantitative estimate of drug-likeness (QED) is 0.176. The number of amides is 4. The molecule has 0 unspecified atom stereocenters. The Morgan fingerprint density at radius 1 is 0.977 bits per heavy atom. The highest BCUT2D eigenvalue weighted by atomic mass is 19.3. The lowest BCUT2D eigenvalue weighted by atomic mass is 9.82. The molecule has 0 radical (unpaired) electrons. The van der Waals surface area contributed by atoms with E-state index in [-0.39, 0.29) is 30.2 Å². The van der Waals surface area contributed by atoms with Gasteiger partial charge in [-0.1, -0.05) is 63.1 Å². The van der Waals surface area contributed by atoms with E-state index < -0.39 is 53.7 Å². The summed E-state index contributed by atoms with van der Waals surface area (Å²) in [5.74, 6) is -4.19. The molecule has 0 spiro atoms. The summed E-state index contributed by atoms with van der Waals surface area (Å²) in [6, 6.07) is 11.2. The van der Waals surface area contributed by atoms with Crippen LogP contribution in [0.3, 0.4) is 0 Å². The average molecular weight is 612 g/mol. The van der Waals surface area contributed by atoms with Crippen LogP contribution in [0.4, 0.5) is 8.78 Å². The summed E-state index contributed by atoms with van der Waals surface area (Å²) >= 11 is 0. The smallest absolute Gasteiger partial charge is 0.395 e. The number of ether oxygens (including phenoxy) is 2. The molecule has 1 aliphatic heterocycles. The number of fused-ring (bicyclic) bond motifs is 1. The molecule has 2 aromatic rings. The van der Waals surface area contributed by atoms with Crippen LogP contribution >= 0.6 is 0 Å². The van der Waals surface area contributed by atoms with Crippen molar-refractivity contribution in [3.63, 3.8) is 0 Å². The van der Waals surface area contributed by atoms with E-state index in [1.807, 2.05) is 0 Å². The van der Waals surface area contributed by atoms with Crippen LogP contribution in [-0.2, 0) is 24.0 Å². The summed E-state index contributed by atoms with van der Waals surface area (Å²) < 4.78 is 35.5. The lowest BCUT2D eigenvalue weighted by Gasteiger charge is -2.29. The van der Waals surface area contributed by atoms with Crippen LogP contribution in [-0.4, -0.2) is 42.3 Å². The van der Waals surface area contributed by atoms with Crippen LogP contribution in [0.15, 0.2) is 54.6 Å².